The van der Waals surface area contributed by atoms with E-state index in [2.05, 4.69) is 10.3 Å². The third kappa shape index (κ3) is 3.67. The minimum absolute atomic E-state index is 0.124. The number of hydrogen-bond donors (Lipinski definition) is 2. The van der Waals surface area contributed by atoms with Gasteiger partial charge in [0.2, 0.25) is 0 Å². The number of pyridine rings is 1. The molecule has 104 valence electrons. The molecule has 0 radical (unpaired) electrons. The summed E-state index contributed by atoms with van der Waals surface area (Å²) in [6.07, 6.45) is 1.47. The Morgan fingerprint density at radius 3 is 2.55 bits per heavy atom. The van der Waals surface area contributed by atoms with Crippen LogP contribution in [0.4, 0.5) is 20.2 Å². The van der Waals surface area contributed by atoms with E-state index in [9.17, 15) is 13.6 Å². The van der Waals surface area contributed by atoms with Crippen LogP contribution < -0.4 is 11.1 Å². The van der Waals surface area contributed by atoms with Gasteiger partial charge in [-0.15, -0.1) is 0 Å². The minimum Gasteiger partial charge on any atom is -0.397 e. The zero-order valence-electron chi connectivity index (χ0n) is 10.2. The molecule has 0 aliphatic carbocycles. The summed E-state index contributed by atoms with van der Waals surface area (Å²) in [5.41, 5.74) is 6.53. The Labute approximate surface area is 118 Å². The molecule has 20 heavy (non-hydrogen) atoms. The van der Waals surface area contributed by atoms with E-state index in [4.69, 9.17) is 5.73 Å². The molecular weight excluding hydrogens is 284 g/mol. The van der Waals surface area contributed by atoms with Crippen molar-refractivity contribution in [3.8, 4) is 0 Å². The van der Waals surface area contributed by atoms with E-state index in [1.165, 1.54) is 18.3 Å². The Hall–Kier alpha value is -2.15. The molecule has 0 atom stereocenters. The second-order valence-electron chi connectivity index (χ2n) is 3.80. The van der Waals surface area contributed by atoms with Crippen molar-refractivity contribution in [1.29, 1.82) is 0 Å². The van der Waals surface area contributed by atoms with Crippen molar-refractivity contribution in [2.24, 2.45) is 0 Å². The van der Waals surface area contributed by atoms with Gasteiger partial charge in [-0.2, -0.15) is 8.78 Å². The summed E-state index contributed by atoms with van der Waals surface area (Å²) < 4.78 is 24.3. The van der Waals surface area contributed by atoms with Gasteiger partial charge in [0.05, 0.1) is 5.69 Å². The Bertz CT molecular complexity index is 605. The first-order chi connectivity index (χ1) is 9.56. The molecule has 1 amide bonds. The van der Waals surface area contributed by atoms with Crippen LogP contribution in [-0.4, -0.2) is 16.6 Å². The van der Waals surface area contributed by atoms with Crippen molar-refractivity contribution in [2.75, 3.05) is 11.1 Å². The number of carbonyl (C=O) groups is 1. The minimum atomic E-state index is -2.47. The molecule has 1 aromatic heterocycles. The number of anilines is 2. The van der Waals surface area contributed by atoms with Gasteiger partial charge in [-0.25, -0.2) is 4.98 Å². The molecule has 0 saturated carbocycles. The molecule has 0 fully saturated rings. The zero-order valence-corrected chi connectivity index (χ0v) is 11.0. The van der Waals surface area contributed by atoms with Crippen molar-refractivity contribution in [3.63, 3.8) is 0 Å². The van der Waals surface area contributed by atoms with Gasteiger partial charge in [0.15, 0.2) is 5.69 Å². The van der Waals surface area contributed by atoms with Gasteiger partial charge in [0.25, 0.3) is 11.7 Å². The number of rotatable bonds is 4. The van der Waals surface area contributed by atoms with Crippen LogP contribution in [0.5, 0.6) is 0 Å². The van der Waals surface area contributed by atoms with Crippen LogP contribution in [0, 0.1) is 0 Å². The highest BCUT2D eigenvalue weighted by molar-refractivity contribution is 7.99. The maximum absolute atomic E-state index is 12.2. The molecule has 2 rings (SSSR count). The number of aromatic nitrogens is 1. The number of nitrogens with one attached hydrogen (secondary N) is 1. The fourth-order valence-corrected chi connectivity index (χ4v) is 2.02. The number of amides is 1. The Balaban J connectivity index is 2.07. The monoisotopic (exact) mass is 295 g/mol. The maximum Gasteiger partial charge on any atom is 0.288 e. The van der Waals surface area contributed by atoms with Gasteiger partial charge >= 0.3 is 0 Å². The summed E-state index contributed by atoms with van der Waals surface area (Å²) in [6.45, 7) is 0. The highest BCUT2D eigenvalue weighted by Gasteiger charge is 2.11. The molecule has 3 N–H and O–H groups in total. The summed E-state index contributed by atoms with van der Waals surface area (Å²) >= 11 is 0.446. The number of nitrogen functional groups attached to an aromatic ring is 1. The number of carbonyl (C=O) groups excluding carboxylic acids is 1. The summed E-state index contributed by atoms with van der Waals surface area (Å²) in [7, 11) is 0. The maximum atomic E-state index is 12.2. The second-order valence-corrected chi connectivity index (χ2v) is 4.86. The van der Waals surface area contributed by atoms with Gasteiger partial charge in [0.1, 0.15) is 0 Å². The van der Waals surface area contributed by atoms with E-state index in [0.717, 1.165) is 0 Å². The van der Waals surface area contributed by atoms with Crippen LogP contribution in [-0.2, 0) is 0 Å². The van der Waals surface area contributed by atoms with E-state index in [1.807, 2.05) is 0 Å². The van der Waals surface area contributed by atoms with E-state index in [-0.39, 0.29) is 11.4 Å². The highest BCUT2D eigenvalue weighted by Crippen LogP contribution is 2.26. The second kappa shape index (κ2) is 6.33. The zero-order chi connectivity index (χ0) is 14.5. The summed E-state index contributed by atoms with van der Waals surface area (Å²) in [5, 5.41) is 2.60. The van der Waals surface area contributed by atoms with Crippen LogP contribution in [0.3, 0.4) is 0 Å². The SMILES string of the molecule is Nc1cccnc1C(=O)Nc1ccc(SC(F)F)cc1. The third-order valence-electron chi connectivity index (χ3n) is 2.39. The molecule has 0 unspecified atom stereocenters. The van der Waals surface area contributed by atoms with Crippen molar-refractivity contribution < 1.29 is 13.6 Å². The number of hydrogen-bond acceptors (Lipinski definition) is 4. The Morgan fingerprint density at radius 2 is 1.95 bits per heavy atom. The number of nitrogens with zero attached hydrogens (tertiary/aromatic N) is 1. The molecule has 1 aromatic carbocycles. The van der Waals surface area contributed by atoms with Gasteiger partial charge < -0.3 is 11.1 Å². The van der Waals surface area contributed by atoms with Crippen LogP contribution in [0.25, 0.3) is 0 Å². The predicted octanol–water partition coefficient (Wildman–Crippen LogP) is 3.23. The average Bonchev–Trinajstić information content (AvgIpc) is 2.41. The van der Waals surface area contributed by atoms with E-state index in [1.54, 1.807) is 24.3 Å². The summed E-state index contributed by atoms with van der Waals surface area (Å²) in [5.74, 6) is -2.92. The topological polar surface area (TPSA) is 68.0 Å². The first-order valence-electron chi connectivity index (χ1n) is 5.63. The first-order valence-corrected chi connectivity index (χ1v) is 6.51. The fourth-order valence-electron chi connectivity index (χ4n) is 1.52. The molecule has 0 aliphatic rings. The van der Waals surface area contributed by atoms with Gasteiger partial charge in [-0.05, 0) is 36.4 Å². The molecule has 4 nitrogen and oxygen atoms in total. The van der Waals surface area contributed by atoms with Crippen LogP contribution in [0.15, 0.2) is 47.5 Å². The smallest absolute Gasteiger partial charge is 0.288 e. The third-order valence-corrected chi connectivity index (χ3v) is 3.11. The number of nitrogens with two attached hydrogens (primary N) is 1. The lowest BCUT2D eigenvalue weighted by Gasteiger charge is -2.07. The van der Waals surface area contributed by atoms with Gasteiger partial charge in [-0.3, -0.25) is 4.79 Å². The number of thioether (sulfide) groups is 1. The van der Waals surface area contributed by atoms with Crippen LogP contribution in [0.2, 0.25) is 0 Å². The van der Waals surface area contributed by atoms with Gasteiger partial charge in [0, 0.05) is 16.8 Å². The average molecular weight is 295 g/mol. The van der Waals surface area contributed by atoms with Crippen molar-refractivity contribution in [1.82, 2.24) is 4.98 Å². The normalized spacial score (nSPS) is 10.6. The number of halogens is 2. The molecular formula is C13H11F2N3OS. The Kier molecular flexibility index (Phi) is 4.52. The van der Waals surface area contributed by atoms with Crippen molar-refractivity contribution >= 4 is 29.0 Å². The predicted molar refractivity (Wildman–Crippen MR) is 74.9 cm³/mol. The molecule has 0 bridgehead atoms. The lowest BCUT2D eigenvalue weighted by atomic mass is 10.2. The molecule has 7 heteroatoms. The van der Waals surface area contributed by atoms with Crippen molar-refractivity contribution in [2.45, 2.75) is 10.7 Å². The molecule has 0 spiro atoms. The molecule has 0 aliphatic heterocycles. The van der Waals surface area contributed by atoms with E-state index >= 15 is 0 Å². The molecule has 0 saturated heterocycles. The van der Waals surface area contributed by atoms with Crippen LogP contribution >= 0.6 is 11.8 Å². The quantitative estimate of drug-likeness (QED) is 0.850. The first kappa shape index (κ1) is 14.3. The number of alkyl halides is 2. The number of benzene rings is 1. The van der Waals surface area contributed by atoms with E-state index in [0.29, 0.717) is 22.3 Å². The van der Waals surface area contributed by atoms with E-state index < -0.39 is 11.7 Å². The standard InChI is InChI=1S/C13H11F2N3OS/c14-13(15)20-9-5-3-8(4-6-9)18-12(19)11-10(16)2-1-7-17-11/h1-7,13H,16H2,(H,18,19). The largest absolute Gasteiger partial charge is 0.397 e. The highest BCUT2D eigenvalue weighted by atomic mass is 32.2. The van der Waals surface area contributed by atoms with Crippen molar-refractivity contribution in [3.05, 3.63) is 48.3 Å². The lowest BCUT2D eigenvalue weighted by molar-refractivity contribution is 0.102. The molecule has 1 heterocycles. The summed E-state index contributed by atoms with van der Waals surface area (Å²) in [4.78, 5) is 16.2. The van der Waals surface area contributed by atoms with Crippen LogP contribution in [0.1, 0.15) is 10.5 Å². The Morgan fingerprint density at radius 1 is 1.25 bits per heavy atom. The van der Waals surface area contributed by atoms with Gasteiger partial charge in [-0.1, -0.05) is 11.8 Å². The fraction of sp³-hybridized carbons (Fsp3) is 0.0769. The lowest BCUT2D eigenvalue weighted by Crippen LogP contribution is -2.15. The summed E-state index contributed by atoms with van der Waals surface area (Å²) in [6, 6.07) is 9.30. The molecule has 2 aromatic rings.